The fourth-order valence-electron chi connectivity index (χ4n) is 2.89. The fourth-order valence-corrected chi connectivity index (χ4v) is 5.39. The minimum Gasteiger partial charge on any atom is -0.266 e. The van der Waals surface area contributed by atoms with Crippen LogP contribution in [0.1, 0.15) is 38.2 Å². The summed E-state index contributed by atoms with van der Waals surface area (Å²) in [4.78, 5) is 0.150. The standard InChI is InChI=1S/C16H25NO5S2/c1-3-17-23(18,19)15-10-6-14(7-11-15)12-22-24(20,21)16-8-4-13(2)5-9-16/h4-5,8-9,14-15,17H,3,6-7,10-12H2,1-2H3. The highest BCUT2D eigenvalue weighted by atomic mass is 32.2. The molecule has 136 valence electrons. The Morgan fingerprint density at radius 3 is 2.17 bits per heavy atom. The summed E-state index contributed by atoms with van der Waals surface area (Å²) in [5.74, 6) is 0.0679. The summed E-state index contributed by atoms with van der Waals surface area (Å²) in [7, 11) is -7.01. The van der Waals surface area contributed by atoms with Crippen LogP contribution in [0.3, 0.4) is 0 Å². The predicted octanol–water partition coefficient (Wildman–Crippen LogP) is 2.20. The molecule has 1 aliphatic rings. The Bertz CT molecular complexity index is 733. The molecule has 1 aliphatic carbocycles. The van der Waals surface area contributed by atoms with E-state index in [1.807, 2.05) is 6.92 Å². The molecule has 8 heteroatoms. The molecular weight excluding hydrogens is 350 g/mol. The fraction of sp³-hybridized carbons (Fsp3) is 0.625. The molecule has 1 aromatic carbocycles. The van der Waals surface area contributed by atoms with Crippen molar-refractivity contribution in [3.63, 3.8) is 0 Å². The first-order valence-electron chi connectivity index (χ1n) is 8.19. The van der Waals surface area contributed by atoms with E-state index in [2.05, 4.69) is 4.72 Å². The maximum absolute atomic E-state index is 12.2. The second kappa shape index (κ2) is 7.95. The van der Waals surface area contributed by atoms with Crippen LogP contribution in [-0.4, -0.2) is 35.2 Å². The number of nitrogens with one attached hydrogen (secondary N) is 1. The van der Waals surface area contributed by atoms with E-state index in [0.29, 0.717) is 32.2 Å². The molecule has 0 amide bonds. The van der Waals surface area contributed by atoms with E-state index in [1.54, 1.807) is 19.1 Å². The van der Waals surface area contributed by atoms with Crippen LogP contribution in [0, 0.1) is 12.8 Å². The average molecular weight is 376 g/mol. The van der Waals surface area contributed by atoms with E-state index >= 15 is 0 Å². The van der Waals surface area contributed by atoms with E-state index < -0.39 is 20.1 Å². The summed E-state index contributed by atoms with van der Waals surface area (Å²) < 4.78 is 56.0. The van der Waals surface area contributed by atoms with Gasteiger partial charge in [0.25, 0.3) is 10.1 Å². The van der Waals surface area contributed by atoms with Gasteiger partial charge in [0, 0.05) is 6.54 Å². The average Bonchev–Trinajstić information content (AvgIpc) is 2.54. The molecule has 0 heterocycles. The predicted molar refractivity (Wildman–Crippen MR) is 92.7 cm³/mol. The first-order chi connectivity index (χ1) is 11.2. The lowest BCUT2D eigenvalue weighted by molar-refractivity contribution is 0.214. The van der Waals surface area contributed by atoms with Crippen LogP contribution in [0.25, 0.3) is 0 Å². The van der Waals surface area contributed by atoms with E-state index in [9.17, 15) is 16.8 Å². The third kappa shape index (κ3) is 5.02. The van der Waals surface area contributed by atoms with Gasteiger partial charge in [-0.2, -0.15) is 8.42 Å². The summed E-state index contributed by atoms with van der Waals surface area (Å²) >= 11 is 0. The highest BCUT2D eigenvalue weighted by Gasteiger charge is 2.31. The molecule has 0 spiro atoms. The van der Waals surface area contributed by atoms with Crippen LogP contribution >= 0.6 is 0 Å². The number of benzene rings is 1. The van der Waals surface area contributed by atoms with E-state index in [1.165, 1.54) is 12.1 Å². The number of sulfonamides is 1. The molecule has 0 aromatic heterocycles. The Morgan fingerprint density at radius 2 is 1.62 bits per heavy atom. The quantitative estimate of drug-likeness (QED) is 0.738. The van der Waals surface area contributed by atoms with Gasteiger partial charge in [-0.1, -0.05) is 24.6 Å². The van der Waals surface area contributed by atoms with Gasteiger partial charge in [-0.15, -0.1) is 0 Å². The van der Waals surface area contributed by atoms with Crippen LogP contribution in [-0.2, 0) is 24.3 Å². The van der Waals surface area contributed by atoms with Crippen LogP contribution < -0.4 is 4.72 Å². The van der Waals surface area contributed by atoms with Gasteiger partial charge in [0.1, 0.15) is 0 Å². The van der Waals surface area contributed by atoms with Crippen molar-refractivity contribution in [3.8, 4) is 0 Å². The monoisotopic (exact) mass is 375 g/mol. The number of aryl methyl sites for hydroxylation is 1. The molecule has 1 aromatic rings. The third-order valence-electron chi connectivity index (χ3n) is 4.35. The molecule has 1 fully saturated rings. The highest BCUT2D eigenvalue weighted by molar-refractivity contribution is 7.90. The lowest BCUT2D eigenvalue weighted by atomic mass is 9.90. The zero-order valence-corrected chi connectivity index (χ0v) is 15.7. The van der Waals surface area contributed by atoms with E-state index in [-0.39, 0.29) is 22.7 Å². The summed E-state index contributed by atoms with van der Waals surface area (Å²) in [6.07, 6.45) is 2.37. The van der Waals surface area contributed by atoms with Crippen molar-refractivity contribution in [2.75, 3.05) is 13.2 Å². The van der Waals surface area contributed by atoms with Crippen LogP contribution in [0.4, 0.5) is 0 Å². The smallest absolute Gasteiger partial charge is 0.266 e. The summed E-state index contributed by atoms with van der Waals surface area (Å²) in [6.45, 7) is 4.13. The molecule has 2 rings (SSSR count). The van der Waals surface area contributed by atoms with Crippen LogP contribution in [0.5, 0.6) is 0 Å². The summed E-state index contributed by atoms with van der Waals surface area (Å²) in [5.41, 5.74) is 0.981. The number of hydrogen-bond acceptors (Lipinski definition) is 5. The van der Waals surface area contributed by atoms with E-state index in [0.717, 1.165) is 5.56 Å². The van der Waals surface area contributed by atoms with E-state index in [4.69, 9.17) is 4.18 Å². The van der Waals surface area contributed by atoms with Gasteiger partial charge < -0.3 is 0 Å². The zero-order valence-electron chi connectivity index (χ0n) is 14.1. The van der Waals surface area contributed by atoms with Crippen molar-refractivity contribution >= 4 is 20.1 Å². The molecule has 0 radical (unpaired) electrons. The Morgan fingerprint density at radius 1 is 1.04 bits per heavy atom. The largest absolute Gasteiger partial charge is 0.296 e. The second-order valence-electron chi connectivity index (χ2n) is 6.24. The summed E-state index contributed by atoms with van der Waals surface area (Å²) in [5, 5.41) is -0.387. The molecular formula is C16H25NO5S2. The third-order valence-corrected chi connectivity index (χ3v) is 7.68. The Labute approximate surface area is 144 Å². The van der Waals surface area contributed by atoms with Crippen LogP contribution in [0.2, 0.25) is 0 Å². The molecule has 0 atom stereocenters. The number of hydrogen-bond donors (Lipinski definition) is 1. The molecule has 0 bridgehead atoms. The Balaban J connectivity index is 1.87. The van der Waals surface area contributed by atoms with Crippen molar-refractivity contribution in [3.05, 3.63) is 29.8 Å². The number of rotatable bonds is 7. The first-order valence-corrected chi connectivity index (χ1v) is 11.1. The van der Waals surface area contributed by atoms with Gasteiger partial charge in [-0.3, -0.25) is 4.18 Å². The minimum absolute atomic E-state index is 0.0679. The van der Waals surface area contributed by atoms with Crippen molar-refractivity contribution in [2.45, 2.75) is 49.7 Å². The lowest BCUT2D eigenvalue weighted by Gasteiger charge is -2.27. The normalized spacial score (nSPS) is 22.4. The maximum Gasteiger partial charge on any atom is 0.296 e. The SMILES string of the molecule is CCNS(=O)(=O)C1CCC(COS(=O)(=O)c2ccc(C)cc2)CC1. The Hall–Kier alpha value is -0.960. The molecule has 0 aliphatic heterocycles. The topological polar surface area (TPSA) is 89.5 Å². The minimum atomic E-state index is -3.76. The van der Waals surface area contributed by atoms with Gasteiger partial charge in [0.05, 0.1) is 16.8 Å². The Kier molecular flexibility index (Phi) is 6.41. The first kappa shape index (κ1) is 19.4. The van der Waals surface area contributed by atoms with Gasteiger partial charge in [0.15, 0.2) is 0 Å². The van der Waals surface area contributed by atoms with Gasteiger partial charge in [0.2, 0.25) is 10.0 Å². The van der Waals surface area contributed by atoms with Gasteiger partial charge >= 0.3 is 0 Å². The molecule has 0 saturated heterocycles. The molecule has 24 heavy (non-hydrogen) atoms. The summed E-state index contributed by atoms with van der Waals surface area (Å²) in [6, 6.07) is 6.52. The van der Waals surface area contributed by atoms with Crippen LogP contribution in [0.15, 0.2) is 29.2 Å². The second-order valence-corrected chi connectivity index (χ2v) is 9.90. The van der Waals surface area contributed by atoms with Crippen molar-refractivity contribution in [2.24, 2.45) is 5.92 Å². The highest BCUT2D eigenvalue weighted by Crippen LogP contribution is 2.29. The molecule has 6 nitrogen and oxygen atoms in total. The zero-order chi connectivity index (χ0) is 17.8. The van der Waals surface area contributed by atoms with Gasteiger partial charge in [-0.05, 0) is 50.7 Å². The van der Waals surface area contributed by atoms with Crippen molar-refractivity contribution < 1.29 is 21.0 Å². The van der Waals surface area contributed by atoms with Crippen molar-refractivity contribution in [1.29, 1.82) is 0 Å². The lowest BCUT2D eigenvalue weighted by Crippen LogP contribution is -2.37. The van der Waals surface area contributed by atoms with Gasteiger partial charge in [-0.25, -0.2) is 13.1 Å². The molecule has 1 saturated carbocycles. The molecule has 1 N–H and O–H groups in total. The maximum atomic E-state index is 12.2. The van der Waals surface area contributed by atoms with Crippen molar-refractivity contribution in [1.82, 2.24) is 4.72 Å². The molecule has 0 unspecified atom stereocenters.